The first kappa shape index (κ1) is 25.6. The zero-order valence-corrected chi connectivity index (χ0v) is 21.0. The van der Waals surface area contributed by atoms with E-state index in [1.165, 1.54) is 22.8 Å². The number of H-pyrrole nitrogens is 4. The summed E-state index contributed by atoms with van der Waals surface area (Å²) in [6.45, 7) is 9.33. The highest BCUT2D eigenvalue weighted by molar-refractivity contribution is 5.60. The van der Waals surface area contributed by atoms with Crippen LogP contribution in [-0.4, -0.2) is 55.3 Å². The van der Waals surface area contributed by atoms with E-state index in [1.807, 2.05) is 24.8 Å². The largest absolute Gasteiger partial charge is 0.550 e. The number of carboxylic acids is 1. The number of carboxylic acid groups (broad SMARTS) is 1. The fraction of sp³-hybridized carbons (Fsp3) is 0.370. The number of aliphatic carboxylic acids is 1. The zero-order valence-electron chi connectivity index (χ0n) is 21.0. The molecule has 1 saturated heterocycles. The van der Waals surface area contributed by atoms with Crippen LogP contribution in [-0.2, 0) is 24.4 Å². The van der Waals surface area contributed by atoms with Crippen LogP contribution in [0.15, 0.2) is 73.3 Å². The molecule has 36 heavy (non-hydrogen) atoms. The Hall–Kier alpha value is -3.53. The summed E-state index contributed by atoms with van der Waals surface area (Å²) < 4.78 is 0. The number of nitrogens with one attached hydrogen (secondary N) is 4. The molecule has 0 unspecified atom stereocenters. The normalized spacial score (nSPS) is 20.7. The van der Waals surface area contributed by atoms with Gasteiger partial charge in [-0.05, 0) is 55.5 Å². The second kappa shape index (κ2) is 11.9. The lowest BCUT2D eigenvalue weighted by Crippen LogP contribution is -2.87. The van der Waals surface area contributed by atoms with Gasteiger partial charge in [0.2, 0.25) is 0 Å². The average molecular weight is 492 g/mol. The predicted molar refractivity (Wildman–Crippen MR) is 136 cm³/mol. The molecule has 1 aliphatic heterocycles. The molecule has 0 atom stereocenters. The summed E-state index contributed by atoms with van der Waals surface area (Å²) in [6, 6.07) is 17.1. The Morgan fingerprint density at radius 2 is 1.36 bits per heavy atom. The van der Waals surface area contributed by atoms with Crippen molar-refractivity contribution in [1.82, 2.24) is 29.7 Å². The number of nitrogens with two attached hydrogens (primary N) is 1. The third kappa shape index (κ3) is 7.00. The molecule has 9 nitrogen and oxygen atoms in total. The van der Waals surface area contributed by atoms with Gasteiger partial charge in [-0.3, -0.25) is 9.80 Å². The Morgan fingerprint density at radius 1 is 0.889 bits per heavy atom. The van der Waals surface area contributed by atoms with Gasteiger partial charge in [0.05, 0.1) is 12.2 Å². The van der Waals surface area contributed by atoms with E-state index in [0.717, 1.165) is 46.2 Å². The van der Waals surface area contributed by atoms with Gasteiger partial charge < -0.3 is 35.2 Å². The molecule has 1 fully saturated rings. The molecular formula is C27H37N7O2. The first-order valence-electron chi connectivity index (χ1n) is 12.4. The van der Waals surface area contributed by atoms with Crippen LogP contribution in [0, 0.1) is 5.41 Å². The van der Waals surface area contributed by atoms with Crippen molar-refractivity contribution in [3.05, 3.63) is 96.1 Å². The van der Waals surface area contributed by atoms with Gasteiger partial charge in [0.1, 0.15) is 12.7 Å². The maximum absolute atomic E-state index is 8.89. The molecule has 1 aliphatic rings. The van der Waals surface area contributed by atoms with Gasteiger partial charge in [0.15, 0.2) is 0 Å². The van der Waals surface area contributed by atoms with Crippen LogP contribution in [0.3, 0.4) is 0 Å². The quantitative estimate of drug-likeness (QED) is 0.243. The summed E-state index contributed by atoms with van der Waals surface area (Å²) in [5.41, 5.74) is 5.19. The number of aromatic amines is 4. The lowest BCUT2D eigenvalue weighted by Gasteiger charge is -2.50. The molecule has 0 saturated carbocycles. The maximum atomic E-state index is 8.89. The SMILES string of the molecule is CC(=O)[O-].CC1(C[NH2+]Cc2ccc[nH]2)CN(Cc2ccc[nH]2)C(c2ccc[nH]2)N(Cc2ccc[nH]2)C1. The van der Waals surface area contributed by atoms with Crippen molar-refractivity contribution in [3.8, 4) is 0 Å². The molecule has 5 rings (SSSR count). The first-order chi connectivity index (χ1) is 17.4. The fourth-order valence-electron chi connectivity index (χ4n) is 5.19. The first-order valence-corrected chi connectivity index (χ1v) is 12.4. The van der Waals surface area contributed by atoms with Gasteiger partial charge >= 0.3 is 0 Å². The second-order valence-electron chi connectivity index (χ2n) is 9.89. The summed E-state index contributed by atoms with van der Waals surface area (Å²) in [5.74, 6) is -1.08. The van der Waals surface area contributed by atoms with Gasteiger partial charge in [0, 0.05) is 79.4 Å². The van der Waals surface area contributed by atoms with E-state index in [2.05, 4.69) is 90.5 Å². The number of hydrogen-bond donors (Lipinski definition) is 5. The number of hydrogen-bond acceptors (Lipinski definition) is 4. The summed E-state index contributed by atoms with van der Waals surface area (Å²) >= 11 is 0. The Bertz CT molecular complexity index is 1090. The molecule has 6 N–H and O–H groups in total. The zero-order chi connectivity index (χ0) is 25.4. The van der Waals surface area contributed by atoms with Gasteiger partial charge in [-0.25, -0.2) is 0 Å². The van der Waals surface area contributed by atoms with Crippen LogP contribution in [0.4, 0.5) is 0 Å². The molecule has 0 aromatic carbocycles. The third-order valence-corrected chi connectivity index (χ3v) is 6.50. The molecule has 0 radical (unpaired) electrons. The van der Waals surface area contributed by atoms with Crippen molar-refractivity contribution in [1.29, 1.82) is 0 Å². The number of rotatable bonds is 9. The summed E-state index contributed by atoms with van der Waals surface area (Å²) in [5, 5.41) is 11.3. The van der Waals surface area contributed by atoms with Gasteiger partial charge in [-0.15, -0.1) is 0 Å². The number of carbonyl (C=O) groups is 1. The van der Waals surface area contributed by atoms with E-state index in [1.54, 1.807) is 0 Å². The topological polar surface area (TPSA) is 126 Å². The van der Waals surface area contributed by atoms with Crippen LogP contribution in [0.2, 0.25) is 0 Å². The molecule has 5 heterocycles. The molecule has 4 aromatic rings. The molecule has 0 spiro atoms. The molecule has 4 aromatic heterocycles. The van der Waals surface area contributed by atoms with Crippen molar-refractivity contribution in [2.24, 2.45) is 5.41 Å². The van der Waals surface area contributed by atoms with Gasteiger partial charge in [-0.2, -0.15) is 0 Å². The number of aromatic nitrogens is 4. The molecule has 0 aliphatic carbocycles. The van der Waals surface area contributed by atoms with Crippen LogP contribution in [0.1, 0.15) is 42.8 Å². The average Bonchev–Trinajstić information content (AvgIpc) is 3.62. The van der Waals surface area contributed by atoms with E-state index in [0.29, 0.717) is 0 Å². The van der Waals surface area contributed by atoms with E-state index in [9.17, 15) is 0 Å². The third-order valence-electron chi connectivity index (χ3n) is 6.50. The van der Waals surface area contributed by atoms with Gasteiger partial charge in [0.25, 0.3) is 0 Å². The fourth-order valence-corrected chi connectivity index (χ4v) is 5.19. The van der Waals surface area contributed by atoms with Crippen molar-refractivity contribution in [2.45, 2.75) is 39.6 Å². The summed E-state index contributed by atoms with van der Waals surface area (Å²) in [6.07, 6.45) is 8.27. The number of carbonyl (C=O) groups excluding carboxylic acids is 1. The van der Waals surface area contributed by atoms with Crippen LogP contribution < -0.4 is 10.4 Å². The van der Waals surface area contributed by atoms with Crippen LogP contribution >= 0.6 is 0 Å². The Kier molecular flexibility index (Phi) is 8.48. The number of nitrogens with zero attached hydrogens (tertiary/aromatic N) is 2. The van der Waals surface area contributed by atoms with E-state index in [-0.39, 0.29) is 11.6 Å². The monoisotopic (exact) mass is 491 g/mol. The lowest BCUT2D eigenvalue weighted by molar-refractivity contribution is -0.682. The van der Waals surface area contributed by atoms with E-state index in [4.69, 9.17) is 9.90 Å². The minimum Gasteiger partial charge on any atom is -0.550 e. The molecule has 0 amide bonds. The smallest absolute Gasteiger partial charge is 0.116 e. The van der Waals surface area contributed by atoms with Crippen LogP contribution in [0.5, 0.6) is 0 Å². The Balaban J connectivity index is 0.000000709. The Labute approximate surface area is 211 Å². The van der Waals surface area contributed by atoms with Crippen molar-refractivity contribution in [3.63, 3.8) is 0 Å². The predicted octanol–water partition coefficient (Wildman–Crippen LogP) is 1.54. The maximum Gasteiger partial charge on any atom is 0.116 e. The standard InChI is InChI=1S/C25H33N7.C2H4O2/c1-25(17-26-14-20-6-2-10-27-20)18-31(15-21-7-3-11-28-21)24(23-9-5-13-30-23)32(19-25)16-22-8-4-12-29-22;1-2(3)4/h2-13,24,26-30H,14-19H2,1H3;1H3,(H,3,4). The van der Waals surface area contributed by atoms with Crippen molar-refractivity contribution in [2.75, 3.05) is 19.6 Å². The molecule has 192 valence electrons. The van der Waals surface area contributed by atoms with E-state index >= 15 is 0 Å². The van der Waals surface area contributed by atoms with E-state index < -0.39 is 5.97 Å². The Morgan fingerprint density at radius 3 is 1.81 bits per heavy atom. The van der Waals surface area contributed by atoms with Crippen molar-refractivity contribution >= 4 is 5.97 Å². The minimum atomic E-state index is -1.08. The number of quaternary nitrogens is 1. The lowest BCUT2D eigenvalue weighted by atomic mass is 9.85. The summed E-state index contributed by atoms with van der Waals surface area (Å²) in [7, 11) is 0. The second-order valence-corrected chi connectivity index (χ2v) is 9.89. The highest BCUT2D eigenvalue weighted by atomic mass is 16.4. The highest BCUT2D eigenvalue weighted by Crippen LogP contribution is 2.37. The summed E-state index contributed by atoms with van der Waals surface area (Å²) in [4.78, 5) is 27.8. The molecule has 0 bridgehead atoms. The highest BCUT2D eigenvalue weighted by Gasteiger charge is 2.43. The van der Waals surface area contributed by atoms with Crippen LogP contribution in [0.25, 0.3) is 0 Å². The molecule has 9 heteroatoms. The minimum absolute atomic E-state index is 0.162. The van der Waals surface area contributed by atoms with Gasteiger partial charge in [-0.1, -0.05) is 6.92 Å². The molecular weight excluding hydrogens is 454 g/mol. The van der Waals surface area contributed by atoms with Crippen molar-refractivity contribution < 1.29 is 15.2 Å².